The average Bonchev–Trinajstić information content (AvgIpc) is 2.72. The van der Waals surface area contributed by atoms with Crippen molar-refractivity contribution in [3.63, 3.8) is 0 Å². The fraction of sp³-hybridized carbons (Fsp3) is 0.786. The molecule has 0 aromatic carbocycles. The van der Waals surface area contributed by atoms with E-state index in [-0.39, 0.29) is 0 Å². The monoisotopic (exact) mass is 250 g/mol. The molecule has 0 spiro atoms. The van der Waals surface area contributed by atoms with Gasteiger partial charge in [0.05, 0.1) is 5.69 Å². The van der Waals surface area contributed by atoms with Crippen LogP contribution in [-0.4, -0.2) is 28.7 Å². The van der Waals surface area contributed by atoms with Gasteiger partial charge < -0.3 is 15.2 Å². The summed E-state index contributed by atoms with van der Waals surface area (Å²) < 4.78 is 2.28. The van der Waals surface area contributed by atoms with E-state index in [9.17, 15) is 0 Å². The molecule has 1 aliphatic heterocycles. The van der Waals surface area contributed by atoms with E-state index in [4.69, 9.17) is 10.7 Å². The zero-order valence-electron chi connectivity index (χ0n) is 12.1. The molecule has 2 heterocycles. The Balaban J connectivity index is 2.28. The maximum Gasteiger partial charge on any atom is 0.206 e. The van der Waals surface area contributed by atoms with E-state index in [0.29, 0.717) is 18.0 Å². The molecule has 4 nitrogen and oxygen atoms in total. The van der Waals surface area contributed by atoms with Gasteiger partial charge in [0, 0.05) is 24.8 Å². The summed E-state index contributed by atoms with van der Waals surface area (Å²) in [5.74, 6) is 1.73. The molecular formula is C14H26N4. The van der Waals surface area contributed by atoms with Crippen molar-refractivity contribution in [2.75, 3.05) is 18.0 Å². The second-order valence-corrected chi connectivity index (χ2v) is 5.86. The maximum atomic E-state index is 5.84. The Hall–Kier alpha value is -1.03. The number of rotatable bonds is 3. The lowest BCUT2D eigenvalue weighted by atomic mass is 9.94. The summed E-state index contributed by atoms with van der Waals surface area (Å²) >= 11 is 0. The maximum absolute atomic E-state index is 5.84. The first-order chi connectivity index (χ1) is 8.52. The molecule has 18 heavy (non-hydrogen) atoms. The van der Waals surface area contributed by atoms with Crippen LogP contribution in [0.4, 0.5) is 5.95 Å². The quantitative estimate of drug-likeness (QED) is 0.895. The van der Waals surface area contributed by atoms with Gasteiger partial charge in [0.1, 0.15) is 0 Å². The minimum absolute atomic E-state index is 0.451. The lowest BCUT2D eigenvalue weighted by molar-refractivity contribution is 0.364. The molecule has 2 unspecified atom stereocenters. The second kappa shape index (κ2) is 5.31. The van der Waals surface area contributed by atoms with Crippen molar-refractivity contribution in [2.45, 2.75) is 52.6 Å². The third kappa shape index (κ3) is 2.53. The number of nitrogens with zero attached hydrogens (tertiary/aromatic N) is 3. The molecule has 0 amide bonds. The second-order valence-electron chi connectivity index (χ2n) is 5.86. The van der Waals surface area contributed by atoms with Crippen LogP contribution in [0.25, 0.3) is 0 Å². The number of aryl methyl sites for hydroxylation is 1. The van der Waals surface area contributed by atoms with Gasteiger partial charge in [0.2, 0.25) is 5.95 Å². The van der Waals surface area contributed by atoms with E-state index in [1.807, 2.05) is 0 Å². The molecule has 2 rings (SSSR count). The molecule has 4 heteroatoms. The fourth-order valence-corrected chi connectivity index (χ4v) is 2.75. The van der Waals surface area contributed by atoms with Crippen molar-refractivity contribution in [2.24, 2.45) is 11.7 Å². The molecule has 1 aliphatic rings. The summed E-state index contributed by atoms with van der Waals surface area (Å²) in [5, 5.41) is 0. The van der Waals surface area contributed by atoms with Crippen LogP contribution < -0.4 is 10.6 Å². The molecule has 1 fully saturated rings. The molecule has 1 aromatic heterocycles. The summed E-state index contributed by atoms with van der Waals surface area (Å²) in [7, 11) is 0. The molecular weight excluding hydrogens is 224 g/mol. The van der Waals surface area contributed by atoms with E-state index >= 15 is 0 Å². The highest BCUT2D eigenvalue weighted by atomic mass is 15.3. The van der Waals surface area contributed by atoms with Crippen molar-refractivity contribution in [1.29, 1.82) is 0 Å². The third-order valence-corrected chi connectivity index (χ3v) is 3.96. The van der Waals surface area contributed by atoms with E-state index in [2.05, 4.69) is 43.4 Å². The summed E-state index contributed by atoms with van der Waals surface area (Å²) in [6.07, 6.45) is 4.61. The van der Waals surface area contributed by atoms with Gasteiger partial charge in [0.25, 0.3) is 0 Å². The number of aromatic nitrogens is 2. The van der Waals surface area contributed by atoms with Gasteiger partial charge in [-0.05, 0) is 53.0 Å². The van der Waals surface area contributed by atoms with E-state index in [1.54, 1.807) is 0 Å². The van der Waals surface area contributed by atoms with E-state index in [1.165, 1.54) is 12.8 Å². The fourth-order valence-electron chi connectivity index (χ4n) is 2.75. The summed E-state index contributed by atoms with van der Waals surface area (Å²) in [6, 6.07) is 1.01. The smallest absolute Gasteiger partial charge is 0.206 e. The van der Waals surface area contributed by atoms with Crippen LogP contribution in [0.5, 0.6) is 0 Å². The summed E-state index contributed by atoms with van der Waals surface area (Å²) in [6.45, 7) is 10.6. The topological polar surface area (TPSA) is 47.1 Å². The van der Waals surface area contributed by atoms with Crippen LogP contribution >= 0.6 is 0 Å². The van der Waals surface area contributed by atoms with E-state index < -0.39 is 0 Å². The number of hydrogen-bond acceptors (Lipinski definition) is 3. The molecule has 0 bridgehead atoms. The highest BCUT2D eigenvalue weighted by Crippen LogP contribution is 2.28. The number of imidazole rings is 1. The largest absolute Gasteiger partial charge is 0.339 e. The predicted octanol–water partition coefficient (Wildman–Crippen LogP) is 2.34. The van der Waals surface area contributed by atoms with Crippen molar-refractivity contribution in [3.8, 4) is 0 Å². The average molecular weight is 250 g/mol. The van der Waals surface area contributed by atoms with Gasteiger partial charge in [0.15, 0.2) is 0 Å². The normalized spacial score (nSPS) is 24.9. The Labute approximate surface area is 110 Å². The number of anilines is 1. The van der Waals surface area contributed by atoms with Crippen molar-refractivity contribution in [1.82, 2.24) is 9.55 Å². The van der Waals surface area contributed by atoms with Crippen LogP contribution in [0.1, 0.15) is 45.3 Å². The van der Waals surface area contributed by atoms with Crippen molar-refractivity contribution >= 4 is 5.95 Å². The van der Waals surface area contributed by atoms with Crippen molar-refractivity contribution < 1.29 is 0 Å². The summed E-state index contributed by atoms with van der Waals surface area (Å²) in [4.78, 5) is 7.16. The van der Waals surface area contributed by atoms with Gasteiger partial charge in [-0.25, -0.2) is 4.98 Å². The molecule has 0 radical (unpaired) electrons. The minimum atomic E-state index is 0.451. The molecule has 1 aromatic rings. The Kier molecular flexibility index (Phi) is 3.95. The van der Waals surface area contributed by atoms with Gasteiger partial charge in [-0.2, -0.15) is 0 Å². The number of piperidine rings is 1. The Morgan fingerprint density at radius 3 is 2.78 bits per heavy atom. The summed E-state index contributed by atoms with van der Waals surface area (Å²) in [5.41, 5.74) is 6.94. The Bertz CT molecular complexity index is 396. The number of nitrogens with two attached hydrogens (primary N) is 1. The van der Waals surface area contributed by atoms with Crippen LogP contribution in [0.15, 0.2) is 6.20 Å². The van der Waals surface area contributed by atoms with Crippen molar-refractivity contribution in [3.05, 3.63) is 11.9 Å². The molecule has 0 aliphatic carbocycles. The first-order valence-corrected chi connectivity index (χ1v) is 7.05. The first kappa shape index (κ1) is 13.4. The molecule has 2 N–H and O–H groups in total. The lowest BCUT2D eigenvalue weighted by Crippen LogP contribution is -2.45. The lowest BCUT2D eigenvalue weighted by Gasteiger charge is -2.39. The zero-order valence-corrected chi connectivity index (χ0v) is 12.1. The number of hydrogen-bond donors (Lipinski definition) is 1. The third-order valence-electron chi connectivity index (χ3n) is 3.96. The van der Waals surface area contributed by atoms with Crippen LogP contribution in [-0.2, 0) is 0 Å². The van der Waals surface area contributed by atoms with Gasteiger partial charge in [-0.1, -0.05) is 0 Å². The van der Waals surface area contributed by atoms with Gasteiger partial charge >= 0.3 is 0 Å². The predicted molar refractivity (Wildman–Crippen MR) is 75.9 cm³/mol. The van der Waals surface area contributed by atoms with Crippen LogP contribution in [0.3, 0.4) is 0 Å². The zero-order chi connectivity index (χ0) is 13.3. The molecule has 1 saturated heterocycles. The first-order valence-electron chi connectivity index (χ1n) is 7.05. The van der Waals surface area contributed by atoms with Gasteiger partial charge in [-0.3, -0.25) is 0 Å². The minimum Gasteiger partial charge on any atom is -0.339 e. The Morgan fingerprint density at radius 1 is 1.44 bits per heavy atom. The molecule has 102 valence electrons. The van der Waals surface area contributed by atoms with Gasteiger partial charge in [-0.15, -0.1) is 0 Å². The van der Waals surface area contributed by atoms with Crippen LogP contribution in [0.2, 0.25) is 0 Å². The SMILES string of the molecule is Cc1cn(C(C)C)c(N2CC(CN)CCC2C)n1. The standard InChI is InChI=1S/C14H26N4/c1-10(2)17-8-11(3)16-14(17)18-9-13(7-15)6-5-12(18)4/h8,10,12-13H,5-7,9,15H2,1-4H3. The molecule has 2 atom stereocenters. The van der Waals surface area contributed by atoms with E-state index in [0.717, 1.165) is 24.7 Å². The molecule has 0 saturated carbocycles. The highest BCUT2D eigenvalue weighted by Gasteiger charge is 2.28. The Morgan fingerprint density at radius 2 is 2.17 bits per heavy atom. The van der Waals surface area contributed by atoms with Crippen LogP contribution in [0, 0.1) is 12.8 Å². The highest BCUT2D eigenvalue weighted by molar-refractivity contribution is 5.36.